The standard InChI is InChI=1S/C12H14ClO2P/c13-11-4-1-5-12(10-11)16(8-2-6-14)9-3-7-15/h1-5,8-10,14-15H,6-7H2/b8-2+,9-3+. The van der Waals surface area contributed by atoms with Crippen LogP contribution in [-0.2, 0) is 0 Å². The number of rotatable bonds is 5. The zero-order valence-corrected chi connectivity index (χ0v) is 10.4. The van der Waals surface area contributed by atoms with Crippen LogP contribution in [0.3, 0.4) is 0 Å². The highest BCUT2D eigenvalue weighted by molar-refractivity contribution is 7.71. The second-order valence-corrected chi connectivity index (χ2v) is 5.39. The summed E-state index contributed by atoms with van der Waals surface area (Å²) < 4.78 is 0. The molecule has 16 heavy (non-hydrogen) atoms. The Labute approximate surface area is 102 Å². The van der Waals surface area contributed by atoms with Gasteiger partial charge in [0.1, 0.15) is 0 Å². The molecule has 0 aromatic heterocycles. The number of halogens is 1. The predicted molar refractivity (Wildman–Crippen MR) is 70.5 cm³/mol. The van der Waals surface area contributed by atoms with Gasteiger partial charge >= 0.3 is 0 Å². The van der Waals surface area contributed by atoms with Crippen molar-refractivity contribution in [3.63, 3.8) is 0 Å². The normalized spacial score (nSPS) is 12.0. The Balaban J connectivity index is 2.91. The molecule has 4 heteroatoms. The summed E-state index contributed by atoms with van der Waals surface area (Å²) in [7, 11) is -0.649. The van der Waals surface area contributed by atoms with Gasteiger partial charge in [0.2, 0.25) is 0 Å². The van der Waals surface area contributed by atoms with Gasteiger partial charge in [-0.1, -0.05) is 47.5 Å². The summed E-state index contributed by atoms with van der Waals surface area (Å²) in [4.78, 5) is 0. The van der Waals surface area contributed by atoms with E-state index in [4.69, 9.17) is 21.8 Å². The number of hydrogen-bond acceptors (Lipinski definition) is 2. The van der Waals surface area contributed by atoms with E-state index in [0.29, 0.717) is 5.02 Å². The molecular weight excluding hydrogens is 243 g/mol. The van der Waals surface area contributed by atoms with Crippen LogP contribution in [-0.4, -0.2) is 23.4 Å². The first-order chi connectivity index (χ1) is 7.77. The van der Waals surface area contributed by atoms with Crippen molar-refractivity contribution in [3.05, 3.63) is 53.1 Å². The molecule has 0 atom stereocenters. The van der Waals surface area contributed by atoms with Crippen molar-refractivity contribution >= 4 is 24.8 Å². The molecular formula is C12H14ClO2P. The third-order valence-electron chi connectivity index (χ3n) is 1.85. The zero-order chi connectivity index (χ0) is 11.8. The maximum Gasteiger partial charge on any atom is 0.0616 e. The molecule has 0 aliphatic heterocycles. The molecule has 1 aromatic rings. The molecule has 2 N–H and O–H groups in total. The van der Waals surface area contributed by atoms with Gasteiger partial charge in [0.05, 0.1) is 13.2 Å². The largest absolute Gasteiger partial charge is 0.392 e. The van der Waals surface area contributed by atoms with Crippen molar-refractivity contribution < 1.29 is 10.2 Å². The van der Waals surface area contributed by atoms with Crippen LogP contribution in [0.1, 0.15) is 0 Å². The van der Waals surface area contributed by atoms with Crippen LogP contribution in [0.5, 0.6) is 0 Å². The van der Waals surface area contributed by atoms with Crippen molar-refractivity contribution in [2.45, 2.75) is 0 Å². The number of aliphatic hydroxyl groups is 2. The van der Waals surface area contributed by atoms with E-state index in [-0.39, 0.29) is 13.2 Å². The lowest BCUT2D eigenvalue weighted by Crippen LogP contribution is -1.96. The molecule has 1 aromatic carbocycles. The van der Waals surface area contributed by atoms with E-state index >= 15 is 0 Å². The van der Waals surface area contributed by atoms with E-state index in [1.54, 1.807) is 12.2 Å². The molecule has 86 valence electrons. The van der Waals surface area contributed by atoms with Crippen molar-refractivity contribution in [1.82, 2.24) is 0 Å². The molecule has 0 bridgehead atoms. The van der Waals surface area contributed by atoms with E-state index in [0.717, 1.165) is 5.30 Å². The summed E-state index contributed by atoms with van der Waals surface area (Å²) in [6, 6.07) is 7.61. The average molecular weight is 257 g/mol. The molecule has 0 heterocycles. The van der Waals surface area contributed by atoms with E-state index in [2.05, 4.69) is 0 Å². The molecule has 0 unspecified atom stereocenters. The minimum absolute atomic E-state index is 0.0202. The summed E-state index contributed by atoms with van der Waals surface area (Å²) in [6.07, 6.45) is 3.41. The predicted octanol–water partition coefficient (Wildman–Crippen LogP) is 2.46. The third-order valence-corrected chi connectivity index (χ3v) is 4.02. The Morgan fingerprint density at radius 3 is 2.25 bits per heavy atom. The van der Waals surface area contributed by atoms with Gasteiger partial charge in [-0.3, -0.25) is 0 Å². The van der Waals surface area contributed by atoms with Gasteiger partial charge in [0, 0.05) is 5.02 Å². The quantitative estimate of drug-likeness (QED) is 0.795. The molecule has 0 saturated heterocycles. The Bertz CT molecular complexity index is 363. The van der Waals surface area contributed by atoms with E-state index in [1.165, 1.54) is 0 Å². The smallest absolute Gasteiger partial charge is 0.0616 e. The Morgan fingerprint density at radius 2 is 1.75 bits per heavy atom. The maximum absolute atomic E-state index is 8.77. The summed E-state index contributed by atoms with van der Waals surface area (Å²) in [5.74, 6) is 3.88. The van der Waals surface area contributed by atoms with Crippen molar-refractivity contribution in [2.75, 3.05) is 13.2 Å². The van der Waals surface area contributed by atoms with Crippen molar-refractivity contribution in [2.24, 2.45) is 0 Å². The first-order valence-electron chi connectivity index (χ1n) is 4.87. The van der Waals surface area contributed by atoms with Crippen LogP contribution >= 0.6 is 19.5 Å². The fourth-order valence-electron chi connectivity index (χ4n) is 1.18. The highest BCUT2D eigenvalue weighted by Gasteiger charge is 2.03. The van der Waals surface area contributed by atoms with Crippen molar-refractivity contribution in [1.29, 1.82) is 0 Å². The molecule has 0 aliphatic rings. The van der Waals surface area contributed by atoms with Gasteiger partial charge in [-0.15, -0.1) is 0 Å². The summed E-state index contributed by atoms with van der Waals surface area (Å²) in [5, 5.41) is 19.3. The third kappa shape index (κ3) is 4.46. The van der Waals surface area contributed by atoms with Crippen LogP contribution in [0.25, 0.3) is 0 Å². The monoisotopic (exact) mass is 256 g/mol. The highest BCUT2D eigenvalue weighted by Crippen LogP contribution is 2.38. The minimum atomic E-state index is -0.649. The fourth-order valence-corrected chi connectivity index (χ4v) is 3.08. The van der Waals surface area contributed by atoms with Gasteiger partial charge in [-0.2, -0.15) is 0 Å². The average Bonchev–Trinajstić information content (AvgIpc) is 2.29. The van der Waals surface area contributed by atoms with Crippen LogP contribution in [0.15, 0.2) is 48.1 Å². The van der Waals surface area contributed by atoms with Crippen LogP contribution in [0, 0.1) is 0 Å². The second kappa shape index (κ2) is 7.59. The zero-order valence-electron chi connectivity index (χ0n) is 8.75. The lowest BCUT2D eigenvalue weighted by atomic mass is 10.4. The highest BCUT2D eigenvalue weighted by atomic mass is 35.5. The Hall–Kier alpha value is -0.660. The SMILES string of the molecule is OC/C=C/P(/C=C/CO)c1cccc(Cl)c1. The Kier molecular flexibility index (Phi) is 6.36. The second-order valence-electron chi connectivity index (χ2n) is 3.02. The van der Waals surface area contributed by atoms with E-state index in [9.17, 15) is 0 Å². The molecule has 1 rings (SSSR count). The molecule has 0 radical (unpaired) electrons. The van der Waals surface area contributed by atoms with Crippen molar-refractivity contribution in [3.8, 4) is 0 Å². The van der Waals surface area contributed by atoms with Crippen LogP contribution in [0.4, 0.5) is 0 Å². The summed E-state index contributed by atoms with van der Waals surface area (Å²) in [6.45, 7) is 0.0404. The Morgan fingerprint density at radius 1 is 1.12 bits per heavy atom. The molecule has 2 nitrogen and oxygen atoms in total. The lowest BCUT2D eigenvalue weighted by Gasteiger charge is -2.09. The first-order valence-corrected chi connectivity index (χ1v) is 6.72. The topological polar surface area (TPSA) is 40.5 Å². The summed E-state index contributed by atoms with van der Waals surface area (Å²) >= 11 is 5.92. The summed E-state index contributed by atoms with van der Waals surface area (Å²) in [5.41, 5.74) is 0. The number of hydrogen-bond donors (Lipinski definition) is 2. The van der Waals surface area contributed by atoms with E-state index in [1.807, 2.05) is 35.9 Å². The van der Waals surface area contributed by atoms with Gasteiger partial charge in [0.25, 0.3) is 0 Å². The maximum atomic E-state index is 8.77. The lowest BCUT2D eigenvalue weighted by molar-refractivity contribution is 0.343. The van der Waals surface area contributed by atoms with Gasteiger partial charge in [-0.05, 0) is 25.4 Å². The van der Waals surface area contributed by atoms with Gasteiger partial charge in [0.15, 0.2) is 0 Å². The fraction of sp³-hybridized carbons (Fsp3) is 0.167. The van der Waals surface area contributed by atoms with E-state index < -0.39 is 7.92 Å². The number of aliphatic hydroxyl groups excluding tert-OH is 2. The van der Waals surface area contributed by atoms with Gasteiger partial charge < -0.3 is 10.2 Å². The van der Waals surface area contributed by atoms with Crippen LogP contribution in [0.2, 0.25) is 5.02 Å². The van der Waals surface area contributed by atoms with Crippen LogP contribution < -0.4 is 5.30 Å². The molecule has 0 spiro atoms. The molecule has 0 amide bonds. The number of benzene rings is 1. The first kappa shape index (κ1) is 13.4. The molecule has 0 aliphatic carbocycles. The van der Waals surface area contributed by atoms with Gasteiger partial charge in [-0.25, -0.2) is 0 Å². The molecule has 0 saturated carbocycles. The molecule has 0 fully saturated rings. The minimum Gasteiger partial charge on any atom is -0.392 e.